The fraction of sp³-hybridized carbons (Fsp3) is 0.200. The molecular formula is C15H16N4O2S. The highest BCUT2D eigenvalue weighted by Gasteiger charge is 2.26. The summed E-state index contributed by atoms with van der Waals surface area (Å²) in [6.07, 6.45) is 4.14. The molecular weight excluding hydrogens is 300 g/mol. The Labute approximate surface area is 129 Å². The summed E-state index contributed by atoms with van der Waals surface area (Å²) in [6.45, 7) is 2.36. The van der Waals surface area contributed by atoms with E-state index >= 15 is 0 Å². The van der Waals surface area contributed by atoms with Gasteiger partial charge in [0.05, 0.1) is 12.2 Å². The fourth-order valence-electron chi connectivity index (χ4n) is 2.18. The second-order valence-electron chi connectivity index (χ2n) is 4.93. The molecule has 6 nitrogen and oxygen atoms in total. The summed E-state index contributed by atoms with van der Waals surface area (Å²) >= 11 is 0. The third kappa shape index (κ3) is 2.94. The summed E-state index contributed by atoms with van der Waals surface area (Å²) < 4.78 is 27.1. The van der Waals surface area contributed by atoms with Crippen molar-refractivity contribution < 1.29 is 8.42 Å². The molecule has 3 rings (SSSR count). The highest BCUT2D eigenvalue weighted by molar-refractivity contribution is 7.90. The highest BCUT2D eigenvalue weighted by atomic mass is 32.2. The van der Waals surface area contributed by atoms with Crippen LogP contribution in [0.15, 0.2) is 52.6 Å². The molecule has 1 aromatic heterocycles. The average Bonchev–Trinajstić information content (AvgIpc) is 2.53. The molecule has 0 amide bonds. The maximum Gasteiger partial charge on any atom is 0.266 e. The number of pyridine rings is 1. The summed E-state index contributed by atoms with van der Waals surface area (Å²) in [7, 11) is -3.58. The van der Waals surface area contributed by atoms with E-state index in [2.05, 4.69) is 20.0 Å². The van der Waals surface area contributed by atoms with E-state index in [1.807, 2.05) is 25.1 Å². The minimum atomic E-state index is -3.58. The summed E-state index contributed by atoms with van der Waals surface area (Å²) in [5.74, 6) is 0.230. The number of benzene rings is 1. The number of hydrogen-bond donors (Lipinski definition) is 2. The molecule has 1 aliphatic heterocycles. The van der Waals surface area contributed by atoms with Crippen molar-refractivity contribution >= 4 is 21.7 Å². The number of aryl methyl sites for hydroxylation is 1. The SMILES string of the molecule is CCc1ccc2c(c1)S(=O)(=O)NC(=NCc1ccncc1)N2. The quantitative estimate of drug-likeness (QED) is 0.906. The molecule has 0 saturated carbocycles. The van der Waals surface area contributed by atoms with Gasteiger partial charge in [-0.1, -0.05) is 13.0 Å². The second kappa shape index (κ2) is 5.76. The van der Waals surface area contributed by atoms with Crippen molar-refractivity contribution in [3.8, 4) is 0 Å². The first-order chi connectivity index (χ1) is 10.6. The lowest BCUT2D eigenvalue weighted by Crippen LogP contribution is -2.40. The van der Waals surface area contributed by atoms with E-state index in [9.17, 15) is 8.42 Å². The van der Waals surface area contributed by atoms with Crippen LogP contribution in [0.2, 0.25) is 0 Å². The molecule has 114 valence electrons. The minimum absolute atomic E-state index is 0.230. The Morgan fingerprint density at radius 2 is 1.91 bits per heavy atom. The van der Waals surface area contributed by atoms with Gasteiger partial charge in [0.1, 0.15) is 4.90 Å². The molecule has 2 N–H and O–H groups in total. The van der Waals surface area contributed by atoms with Gasteiger partial charge in [0, 0.05) is 12.4 Å². The fourth-order valence-corrected chi connectivity index (χ4v) is 3.37. The molecule has 0 aliphatic carbocycles. The van der Waals surface area contributed by atoms with Gasteiger partial charge in [0.2, 0.25) is 5.96 Å². The zero-order chi connectivity index (χ0) is 15.6. The zero-order valence-electron chi connectivity index (χ0n) is 12.1. The molecule has 0 atom stereocenters. The third-order valence-electron chi connectivity index (χ3n) is 3.40. The predicted molar refractivity (Wildman–Crippen MR) is 85.1 cm³/mol. The van der Waals surface area contributed by atoms with Crippen molar-refractivity contribution in [2.24, 2.45) is 4.99 Å². The van der Waals surface area contributed by atoms with E-state index in [4.69, 9.17) is 0 Å². The van der Waals surface area contributed by atoms with Gasteiger partial charge in [0.25, 0.3) is 10.0 Å². The van der Waals surface area contributed by atoms with Gasteiger partial charge in [-0.25, -0.2) is 18.1 Å². The minimum Gasteiger partial charge on any atom is -0.324 e. The first-order valence-electron chi connectivity index (χ1n) is 6.94. The average molecular weight is 316 g/mol. The molecule has 2 aromatic rings. The van der Waals surface area contributed by atoms with Crippen LogP contribution >= 0.6 is 0 Å². The first kappa shape index (κ1) is 14.5. The number of hydrogen-bond acceptors (Lipinski definition) is 4. The smallest absolute Gasteiger partial charge is 0.266 e. The van der Waals surface area contributed by atoms with Crippen molar-refractivity contribution in [2.75, 3.05) is 5.32 Å². The Morgan fingerprint density at radius 1 is 1.14 bits per heavy atom. The van der Waals surface area contributed by atoms with Crippen LogP contribution in [0.1, 0.15) is 18.1 Å². The summed E-state index contributed by atoms with van der Waals surface area (Å²) in [5, 5.41) is 3.02. The molecule has 0 saturated heterocycles. The lowest BCUT2D eigenvalue weighted by atomic mass is 10.1. The molecule has 0 unspecified atom stereocenters. The molecule has 0 radical (unpaired) electrons. The summed E-state index contributed by atoms with van der Waals surface area (Å²) in [5.41, 5.74) is 2.48. The third-order valence-corrected chi connectivity index (χ3v) is 4.78. The Morgan fingerprint density at radius 3 is 2.64 bits per heavy atom. The number of nitrogens with one attached hydrogen (secondary N) is 2. The molecule has 0 fully saturated rings. The van der Waals surface area contributed by atoms with Crippen molar-refractivity contribution in [2.45, 2.75) is 24.8 Å². The maximum atomic E-state index is 12.3. The van der Waals surface area contributed by atoms with Crippen molar-refractivity contribution in [3.63, 3.8) is 0 Å². The van der Waals surface area contributed by atoms with Gasteiger partial charge in [-0.3, -0.25) is 4.98 Å². The van der Waals surface area contributed by atoms with E-state index in [0.29, 0.717) is 12.2 Å². The van der Waals surface area contributed by atoms with Crippen LogP contribution in [-0.2, 0) is 23.0 Å². The lowest BCUT2D eigenvalue weighted by molar-refractivity contribution is 0.591. The molecule has 0 spiro atoms. The second-order valence-corrected chi connectivity index (χ2v) is 6.59. The number of aliphatic imine (C=N–C) groups is 1. The van der Waals surface area contributed by atoms with Crippen LogP contribution < -0.4 is 10.0 Å². The van der Waals surface area contributed by atoms with Crippen molar-refractivity contribution in [3.05, 3.63) is 53.9 Å². The van der Waals surface area contributed by atoms with E-state index in [1.54, 1.807) is 24.5 Å². The molecule has 1 aliphatic rings. The number of fused-ring (bicyclic) bond motifs is 1. The monoisotopic (exact) mass is 316 g/mol. The topological polar surface area (TPSA) is 83.5 Å². The Hall–Kier alpha value is -2.41. The van der Waals surface area contributed by atoms with E-state index < -0.39 is 10.0 Å². The number of nitrogens with zero attached hydrogens (tertiary/aromatic N) is 2. The van der Waals surface area contributed by atoms with E-state index in [-0.39, 0.29) is 10.9 Å². The largest absolute Gasteiger partial charge is 0.324 e. The van der Waals surface area contributed by atoms with Gasteiger partial charge in [0.15, 0.2) is 0 Å². The number of anilines is 1. The predicted octanol–water partition coefficient (Wildman–Crippen LogP) is 1.90. The van der Waals surface area contributed by atoms with Crippen LogP contribution in [0.4, 0.5) is 5.69 Å². The lowest BCUT2D eigenvalue weighted by Gasteiger charge is -2.22. The Kier molecular flexibility index (Phi) is 3.81. The van der Waals surface area contributed by atoms with Crippen LogP contribution in [0.5, 0.6) is 0 Å². The molecule has 1 aromatic carbocycles. The maximum absolute atomic E-state index is 12.3. The summed E-state index contributed by atoms with van der Waals surface area (Å²) in [4.78, 5) is 8.47. The Balaban J connectivity index is 1.89. The van der Waals surface area contributed by atoms with Crippen molar-refractivity contribution in [1.29, 1.82) is 0 Å². The van der Waals surface area contributed by atoms with Crippen LogP contribution in [0.3, 0.4) is 0 Å². The summed E-state index contributed by atoms with van der Waals surface area (Å²) in [6, 6.07) is 9.04. The normalized spacial score (nSPS) is 17.4. The van der Waals surface area contributed by atoms with E-state index in [1.165, 1.54) is 0 Å². The molecule has 7 heteroatoms. The van der Waals surface area contributed by atoms with Crippen molar-refractivity contribution in [1.82, 2.24) is 9.71 Å². The molecule has 22 heavy (non-hydrogen) atoms. The standard InChI is InChI=1S/C15H16N4O2S/c1-2-11-3-4-13-14(9-11)22(20,21)19-15(18-13)17-10-12-5-7-16-8-6-12/h3-9H,2,10H2,1H3,(H2,17,18,19). The number of sulfonamides is 1. The van der Waals surface area contributed by atoms with Crippen LogP contribution in [0.25, 0.3) is 0 Å². The molecule has 2 heterocycles. The van der Waals surface area contributed by atoms with Crippen LogP contribution in [0, 0.1) is 0 Å². The molecule has 0 bridgehead atoms. The van der Waals surface area contributed by atoms with Crippen LogP contribution in [-0.4, -0.2) is 19.4 Å². The number of rotatable bonds is 3. The van der Waals surface area contributed by atoms with Gasteiger partial charge in [-0.05, 0) is 41.8 Å². The van der Waals surface area contributed by atoms with Gasteiger partial charge in [-0.2, -0.15) is 0 Å². The van der Waals surface area contributed by atoms with Gasteiger partial charge in [-0.15, -0.1) is 0 Å². The van der Waals surface area contributed by atoms with Gasteiger partial charge < -0.3 is 5.32 Å². The first-order valence-corrected chi connectivity index (χ1v) is 8.43. The Bertz CT molecular complexity index is 817. The number of guanidine groups is 1. The van der Waals surface area contributed by atoms with Gasteiger partial charge >= 0.3 is 0 Å². The number of aromatic nitrogens is 1. The van der Waals surface area contributed by atoms with E-state index in [0.717, 1.165) is 17.5 Å². The zero-order valence-corrected chi connectivity index (χ0v) is 12.9. The highest BCUT2D eigenvalue weighted by Crippen LogP contribution is 2.26.